The molecule has 7 nitrogen and oxygen atoms in total. The van der Waals surface area contributed by atoms with Gasteiger partial charge in [0.15, 0.2) is 0 Å². The Kier molecular flexibility index (Phi) is 3.78. The first kappa shape index (κ1) is 14.1. The molecule has 0 spiro atoms. The number of hydrogen-bond acceptors (Lipinski definition) is 5. The average molecular weight is 302 g/mol. The van der Waals surface area contributed by atoms with E-state index < -0.39 is 11.5 Å². The first-order valence-corrected chi connectivity index (χ1v) is 6.88. The molecule has 2 amide bonds. The standard InChI is InChI=1S/C15H14N2O5/c18-13(16-5-6-17-7-8-21-15(17)20)11-9-10-3-1-2-4-12(10)22-14(11)19/h1-4,9H,5-8H2,(H,16,18). The van der Waals surface area contributed by atoms with Crippen molar-refractivity contribution < 1.29 is 18.7 Å². The number of carbonyl (C=O) groups excluding carboxylic acids is 2. The Bertz CT molecular complexity index is 783. The van der Waals surface area contributed by atoms with Crippen LogP contribution in [-0.2, 0) is 4.74 Å². The molecule has 1 fully saturated rings. The van der Waals surface area contributed by atoms with Gasteiger partial charge in [-0.1, -0.05) is 18.2 Å². The minimum Gasteiger partial charge on any atom is -0.448 e. The van der Waals surface area contributed by atoms with E-state index in [0.29, 0.717) is 30.7 Å². The molecule has 0 radical (unpaired) electrons. The molecule has 114 valence electrons. The van der Waals surface area contributed by atoms with Gasteiger partial charge in [0, 0.05) is 18.5 Å². The smallest absolute Gasteiger partial charge is 0.409 e. The van der Waals surface area contributed by atoms with E-state index in [4.69, 9.17) is 9.15 Å². The molecule has 1 aromatic carbocycles. The van der Waals surface area contributed by atoms with E-state index in [9.17, 15) is 14.4 Å². The monoisotopic (exact) mass is 302 g/mol. The lowest BCUT2D eigenvalue weighted by Gasteiger charge is -2.12. The number of cyclic esters (lactones) is 1. The van der Waals surface area contributed by atoms with Crippen LogP contribution in [0.4, 0.5) is 4.79 Å². The molecule has 1 aliphatic rings. The van der Waals surface area contributed by atoms with Crippen LogP contribution in [-0.4, -0.2) is 43.1 Å². The highest BCUT2D eigenvalue weighted by Crippen LogP contribution is 2.12. The summed E-state index contributed by atoms with van der Waals surface area (Å²) in [7, 11) is 0. The second kappa shape index (κ2) is 5.88. The first-order valence-electron chi connectivity index (χ1n) is 6.88. The summed E-state index contributed by atoms with van der Waals surface area (Å²) in [6.07, 6.45) is -0.389. The third-order valence-corrected chi connectivity index (χ3v) is 3.40. The van der Waals surface area contributed by atoms with Crippen molar-refractivity contribution in [1.29, 1.82) is 0 Å². The Balaban J connectivity index is 1.68. The fraction of sp³-hybridized carbons (Fsp3) is 0.267. The van der Waals surface area contributed by atoms with Crippen LogP contribution in [0.3, 0.4) is 0 Å². The molecular weight excluding hydrogens is 288 g/mol. The molecule has 0 saturated carbocycles. The van der Waals surface area contributed by atoms with E-state index in [1.165, 1.54) is 11.0 Å². The van der Waals surface area contributed by atoms with Crippen molar-refractivity contribution in [2.24, 2.45) is 0 Å². The first-order chi connectivity index (χ1) is 10.6. The van der Waals surface area contributed by atoms with Gasteiger partial charge in [-0.05, 0) is 12.1 Å². The average Bonchev–Trinajstić information content (AvgIpc) is 2.92. The number of ether oxygens (including phenoxy) is 1. The highest BCUT2D eigenvalue weighted by Gasteiger charge is 2.21. The number of nitrogens with zero attached hydrogens (tertiary/aromatic N) is 1. The third kappa shape index (κ3) is 2.78. The normalized spacial score (nSPS) is 14.2. The van der Waals surface area contributed by atoms with E-state index >= 15 is 0 Å². The minimum atomic E-state index is -0.684. The van der Waals surface area contributed by atoms with Crippen molar-refractivity contribution >= 4 is 23.0 Å². The molecule has 1 saturated heterocycles. The predicted molar refractivity (Wildman–Crippen MR) is 77.7 cm³/mol. The topological polar surface area (TPSA) is 88.8 Å². The van der Waals surface area contributed by atoms with E-state index in [0.717, 1.165) is 0 Å². The quantitative estimate of drug-likeness (QED) is 0.850. The second-order valence-electron chi connectivity index (χ2n) is 4.84. The Morgan fingerprint density at radius 3 is 2.86 bits per heavy atom. The molecule has 7 heteroatoms. The van der Waals surface area contributed by atoms with Gasteiger partial charge >= 0.3 is 11.7 Å². The number of rotatable bonds is 4. The largest absolute Gasteiger partial charge is 0.448 e. The highest BCUT2D eigenvalue weighted by atomic mass is 16.6. The lowest BCUT2D eigenvalue weighted by Crippen LogP contribution is -2.36. The molecule has 0 bridgehead atoms. The van der Waals surface area contributed by atoms with Crippen molar-refractivity contribution in [3.8, 4) is 0 Å². The fourth-order valence-electron chi connectivity index (χ4n) is 2.25. The summed E-state index contributed by atoms with van der Waals surface area (Å²) in [5.74, 6) is -0.521. The lowest BCUT2D eigenvalue weighted by molar-refractivity contribution is 0.0945. The van der Waals surface area contributed by atoms with Crippen LogP contribution >= 0.6 is 0 Å². The van der Waals surface area contributed by atoms with Gasteiger partial charge in [0.05, 0.1) is 6.54 Å². The zero-order chi connectivity index (χ0) is 15.5. The van der Waals surface area contributed by atoms with E-state index in [2.05, 4.69) is 5.32 Å². The van der Waals surface area contributed by atoms with Crippen LogP contribution in [0.5, 0.6) is 0 Å². The number of carbonyl (C=O) groups is 2. The molecule has 3 rings (SSSR count). The molecular formula is C15H14N2O5. The van der Waals surface area contributed by atoms with E-state index in [1.807, 2.05) is 0 Å². The van der Waals surface area contributed by atoms with Crippen LogP contribution < -0.4 is 10.9 Å². The van der Waals surface area contributed by atoms with Crippen molar-refractivity contribution in [2.45, 2.75) is 0 Å². The van der Waals surface area contributed by atoms with Crippen molar-refractivity contribution in [1.82, 2.24) is 10.2 Å². The molecule has 0 unspecified atom stereocenters. The zero-order valence-corrected chi connectivity index (χ0v) is 11.7. The maximum Gasteiger partial charge on any atom is 0.409 e. The SMILES string of the molecule is O=C(NCCN1CCOC1=O)c1cc2ccccc2oc1=O. The number of benzene rings is 1. The molecule has 1 aliphatic heterocycles. The Labute approximate surface area is 125 Å². The van der Waals surface area contributed by atoms with Crippen LogP contribution in [0, 0.1) is 0 Å². The van der Waals surface area contributed by atoms with Gasteiger partial charge in [0.25, 0.3) is 5.91 Å². The number of amides is 2. The van der Waals surface area contributed by atoms with Crippen molar-refractivity contribution in [3.63, 3.8) is 0 Å². The van der Waals surface area contributed by atoms with Gasteiger partial charge in [-0.15, -0.1) is 0 Å². The lowest BCUT2D eigenvalue weighted by atomic mass is 10.2. The third-order valence-electron chi connectivity index (χ3n) is 3.40. The number of fused-ring (bicyclic) bond motifs is 1. The molecule has 0 aliphatic carbocycles. The summed E-state index contributed by atoms with van der Waals surface area (Å²) in [6.45, 7) is 1.44. The van der Waals surface area contributed by atoms with Gasteiger partial charge in [-0.25, -0.2) is 9.59 Å². The van der Waals surface area contributed by atoms with E-state index in [1.54, 1.807) is 24.3 Å². The number of para-hydroxylation sites is 1. The minimum absolute atomic E-state index is 0.0531. The molecule has 1 N–H and O–H groups in total. The van der Waals surface area contributed by atoms with E-state index in [-0.39, 0.29) is 18.2 Å². The maximum absolute atomic E-state index is 12.1. The summed E-state index contributed by atoms with van der Waals surface area (Å²) in [6, 6.07) is 8.47. The van der Waals surface area contributed by atoms with Gasteiger partial charge in [-0.2, -0.15) is 0 Å². The summed E-state index contributed by atoms with van der Waals surface area (Å²) in [5.41, 5.74) is -0.302. The predicted octanol–water partition coefficient (Wildman–Crippen LogP) is 0.975. The van der Waals surface area contributed by atoms with Gasteiger partial charge in [0.1, 0.15) is 17.8 Å². The molecule has 2 aromatic rings. The van der Waals surface area contributed by atoms with Crippen LogP contribution in [0.25, 0.3) is 11.0 Å². The van der Waals surface area contributed by atoms with Crippen molar-refractivity contribution in [3.05, 3.63) is 46.3 Å². The fourth-order valence-corrected chi connectivity index (χ4v) is 2.25. The van der Waals surface area contributed by atoms with Crippen molar-refractivity contribution in [2.75, 3.05) is 26.2 Å². The molecule has 0 atom stereocenters. The van der Waals surface area contributed by atoms with Gasteiger partial charge in [0.2, 0.25) is 0 Å². The summed E-state index contributed by atoms with van der Waals surface area (Å²) < 4.78 is 9.89. The number of hydrogen-bond donors (Lipinski definition) is 1. The summed E-state index contributed by atoms with van der Waals surface area (Å²) in [5, 5.41) is 3.28. The summed E-state index contributed by atoms with van der Waals surface area (Å²) in [4.78, 5) is 36.6. The number of nitrogens with one attached hydrogen (secondary N) is 1. The van der Waals surface area contributed by atoms with Gasteiger partial charge < -0.3 is 19.4 Å². The maximum atomic E-state index is 12.1. The Morgan fingerprint density at radius 1 is 1.27 bits per heavy atom. The Hall–Kier alpha value is -2.83. The molecule has 22 heavy (non-hydrogen) atoms. The Morgan fingerprint density at radius 2 is 2.09 bits per heavy atom. The van der Waals surface area contributed by atoms with Crippen LogP contribution in [0.1, 0.15) is 10.4 Å². The zero-order valence-electron chi connectivity index (χ0n) is 11.7. The molecule has 1 aromatic heterocycles. The van der Waals surface area contributed by atoms with Crippen LogP contribution in [0.2, 0.25) is 0 Å². The summed E-state index contributed by atoms with van der Waals surface area (Å²) >= 11 is 0. The van der Waals surface area contributed by atoms with Crippen LogP contribution in [0.15, 0.2) is 39.5 Å². The second-order valence-corrected chi connectivity index (χ2v) is 4.84. The molecule has 2 heterocycles. The van der Waals surface area contributed by atoms with Gasteiger partial charge in [-0.3, -0.25) is 4.79 Å². The highest BCUT2D eigenvalue weighted by molar-refractivity contribution is 5.96.